The van der Waals surface area contributed by atoms with Crippen molar-refractivity contribution in [2.45, 2.75) is 31.3 Å². The fraction of sp³-hybridized carbons (Fsp3) is 0.750. The molecule has 0 bridgehead atoms. The van der Waals surface area contributed by atoms with E-state index in [4.69, 9.17) is 4.74 Å². The average molecular weight is 302 g/mol. The van der Waals surface area contributed by atoms with E-state index in [1.165, 1.54) is 4.31 Å². The number of ether oxygens (including phenoxy) is 1. The van der Waals surface area contributed by atoms with Gasteiger partial charge in [0.05, 0.1) is 12.8 Å². The maximum Gasteiger partial charge on any atom is 0.260 e. The van der Waals surface area contributed by atoms with Gasteiger partial charge in [-0.25, -0.2) is 8.42 Å². The SMILES string of the molecule is CCCNCc1cn[nH]c1S(=O)(=O)N1CCCOCC1. The first-order chi connectivity index (χ1) is 9.66. The summed E-state index contributed by atoms with van der Waals surface area (Å²) in [5, 5.41) is 9.91. The molecule has 114 valence electrons. The molecular formula is C12H22N4O3S. The predicted octanol–water partition coefficient (Wildman–Crippen LogP) is 0.320. The molecule has 1 aromatic rings. The van der Waals surface area contributed by atoms with Gasteiger partial charge in [-0.3, -0.25) is 5.10 Å². The van der Waals surface area contributed by atoms with Crippen LogP contribution in [-0.2, 0) is 21.3 Å². The number of aromatic nitrogens is 2. The summed E-state index contributed by atoms with van der Waals surface area (Å²) >= 11 is 0. The van der Waals surface area contributed by atoms with Gasteiger partial charge in [-0.05, 0) is 19.4 Å². The van der Waals surface area contributed by atoms with Crippen LogP contribution in [0.3, 0.4) is 0 Å². The molecule has 0 spiro atoms. The second-order valence-electron chi connectivity index (χ2n) is 4.77. The third kappa shape index (κ3) is 3.57. The number of rotatable bonds is 6. The van der Waals surface area contributed by atoms with Gasteiger partial charge in [0.25, 0.3) is 10.0 Å². The Morgan fingerprint density at radius 3 is 3.10 bits per heavy atom. The molecule has 0 atom stereocenters. The second-order valence-corrected chi connectivity index (χ2v) is 6.65. The van der Waals surface area contributed by atoms with Crippen molar-refractivity contribution >= 4 is 10.0 Å². The molecule has 0 unspecified atom stereocenters. The Balaban J connectivity index is 2.14. The van der Waals surface area contributed by atoms with Crippen LogP contribution in [0.15, 0.2) is 11.2 Å². The van der Waals surface area contributed by atoms with Crippen LogP contribution < -0.4 is 5.32 Å². The molecule has 2 heterocycles. The smallest absolute Gasteiger partial charge is 0.260 e. The van der Waals surface area contributed by atoms with Crippen LogP contribution in [0, 0.1) is 0 Å². The quantitative estimate of drug-likeness (QED) is 0.739. The largest absolute Gasteiger partial charge is 0.380 e. The Kier molecular flexibility index (Phi) is 5.53. The van der Waals surface area contributed by atoms with Gasteiger partial charge in [-0.2, -0.15) is 9.40 Å². The second kappa shape index (κ2) is 7.16. The van der Waals surface area contributed by atoms with Crippen molar-refractivity contribution in [1.29, 1.82) is 0 Å². The molecule has 2 N–H and O–H groups in total. The topological polar surface area (TPSA) is 87.3 Å². The number of hydrogen-bond acceptors (Lipinski definition) is 5. The molecule has 0 radical (unpaired) electrons. The van der Waals surface area contributed by atoms with Gasteiger partial charge in [-0.15, -0.1) is 0 Å². The summed E-state index contributed by atoms with van der Waals surface area (Å²) < 4.78 is 32.0. The molecule has 20 heavy (non-hydrogen) atoms. The normalized spacial score (nSPS) is 18.1. The summed E-state index contributed by atoms with van der Waals surface area (Å²) in [4.78, 5) is 0. The minimum absolute atomic E-state index is 0.197. The highest BCUT2D eigenvalue weighted by atomic mass is 32.2. The van der Waals surface area contributed by atoms with Crippen molar-refractivity contribution in [1.82, 2.24) is 19.8 Å². The van der Waals surface area contributed by atoms with Crippen LogP contribution in [0.25, 0.3) is 0 Å². The third-order valence-corrected chi connectivity index (χ3v) is 5.11. The molecule has 0 aromatic carbocycles. The number of sulfonamides is 1. The van der Waals surface area contributed by atoms with E-state index in [0.717, 1.165) is 19.4 Å². The van der Waals surface area contributed by atoms with E-state index >= 15 is 0 Å². The number of hydrogen-bond donors (Lipinski definition) is 2. The van der Waals surface area contributed by atoms with Crippen LogP contribution in [0.1, 0.15) is 25.3 Å². The first-order valence-corrected chi connectivity index (χ1v) is 8.41. The third-order valence-electron chi connectivity index (χ3n) is 3.20. The molecule has 0 amide bonds. The molecule has 0 saturated carbocycles. The summed E-state index contributed by atoms with van der Waals surface area (Å²) in [6.45, 7) is 5.35. The van der Waals surface area contributed by atoms with Gasteiger partial charge in [0.15, 0.2) is 5.03 Å². The van der Waals surface area contributed by atoms with Crippen LogP contribution in [0.2, 0.25) is 0 Å². The van der Waals surface area contributed by atoms with Crippen LogP contribution in [0.5, 0.6) is 0 Å². The van der Waals surface area contributed by atoms with E-state index in [-0.39, 0.29) is 5.03 Å². The highest BCUT2D eigenvalue weighted by molar-refractivity contribution is 7.89. The van der Waals surface area contributed by atoms with Gasteiger partial charge < -0.3 is 10.1 Å². The summed E-state index contributed by atoms with van der Waals surface area (Å²) in [7, 11) is -3.51. The average Bonchev–Trinajstić information content (AvgIpc) is 2.73. The van der Waals surface area contributed by atoms with E-state index in [2.05, 4.69) is 22.4 Å². The fourth-order valence-electron chi connectivity index (χ4n) is 2.14. The van der Waals surface area contributed by atoms with E-state index in [1.54, 1.807) is 6.20 Å². The molecule has 1 fully saturated rings. The monoisotopic (exact) mass is 302 g/mol. The Morgan fingerprint density at radius 1 is 1.45 bits per heavy atom. The lowest BCUT2D eigenvalue weighted by atomic mass is 10.3. The van der Waals surface area contributed by atoms with Crippen molar-refractivity contribution < 1.29 is 13.2 Å². The molecule has 1 aliphatic heterocycles. The lowest BCUT2D eigenvalue weighted by molar-refractivity contribution is 0.148. The zero-order chi connectivity index (χ0) is 14.4. The lowest BCUT2D eigenvalue weighted by Gasteiger charge is -2.19. The lowest BCUT2D eigenvalue weighted by Crippen LogP contribution is -2.34. The van der Waals surface area contributed by atoms with Crippen molar-refractivity contribution in [2.24, 2.45) is 0 Å². The van der Waals surface area contributed by atoms with Gasteiger partial charge in [0.2, 0.25) is 0 Å². The highest BCUT2D eigenvalue weighted by Crippen LogP contribution is 2.18. The Hall–Kier alpha value is -0.960. The Labute approximate surface area is 119 Å². The highest BCUT2D eigenvalue weighted by Gasteiger charge is 2.29. The fourth-order valence-corrected chi connectivity index (χ4v) is 3.71. The molecule has 7 nitrogen and oxygen atoms in total. The van der Waals surface area contributed by atoms with E-state index < -0.39 is 10.0 Å². The number of aromatic amines is 1. The number of H-pyrrole nitrogens is 1. The summed E-state index contributed by atoms with van der Waals surface area (Å²) in [5.74, 6) is 0. The van der Waals surface area contributed by atoms with Crippen LogP contribution in [-0.4, -0.2) is 55.8 Å². The van der Waals surface area contributed by atoms with Gasteiger partial charge in [0.1, 0.15) is 0 Å². The zero-order valence-corrected chi connectivity index (χ0v) is 12.6. The first-order valence-electron chi connectivity index (χ1n) is 6.97. The van der Waals surface area contributed by atoms with Gasteiger partial charge >= 0.3 is 0 Å². The maximum atomic E-state index is 12.6. The minimum atomic E-state index is -3.51. The first kappa shape index (κ1) is 15.4. The van der Waals surface area contributed by atoms with Gasteiger partial charge in [-0.1, -0.05) is 6.92 Å². The van der Waals surface area contributed by atoms with Crippen molar-refractivity contribution in [3.8, 4) is 0 Å². The molecule has 2 rings (SSSR count). The van der Waals surface area contributed by atoms with Crippen LogP contribution in [0.4, 0.5) is 0 Å². The van der Waals surface area contributed by atoms with Crippen molar-refractivity contribution in [3.05, 3.63) is 11.8 Å². The predicted molar refractivity (Wildman–Crippen MR) is 74.8 cm³/mol. The van der Waals surface area contributed by atoms with Crippen molar-refractivity contribution in [3.63, 3.8) is 0 Å². The molecule has 8 heteroatoms. The molecule has 1 aromatic heterocycles. The number of nitrogens with one attached hydrogen (secondary N) is 2. The summed E-state index contributed by atoms with van der Waals surface area (Å²) in [5.41, 5.74) is 0.684. The molecule has 0 aliphatic carbocycles. The van der Waals surface area contributed by atoms with Gasteiger partial charge in [0, 0.05) is 31.8 Å². The molecule has 1 saturated heterocycles. The Morgan fingerprint density at radius 2 is 2.30 bits per heavy atom. The molecule has 1 aliphatic rings. The zero-order valence-electron chi connectivity index (χ0n) is 11.8. The van der Waals surface area contributed by atoms with E-state index in [0.29, 0.717) is 38.4 Å². The number of nitrogens with zero attached hydrogens (tertiary/aromatic N) is 2. The maximum absolute atomic E-state index is 12.6. The van der Waals surface area contributed by atoms with Crippen LogP contribution >= 0.6 is 0 Å². The minimum Gasteiger partial charge on any atom is -0.380 e. The van der Waals surface area contributed by atoms with Crippen molar-refractivity contribution in [2.75, 3.05) is 32.8 Å². The summed E-state index contributed by atoms with van der Waals surface area (Å²) in [6, 6.07) is 0. The molecular weight excluding hydrogens is 280 g/mol. The van der Waals surface area contributed by atoms with E-state index in [9.17, 15) is 8.42 Å². The summed E-state index contributed by atoms with van der Waals surface area (Å²) in [6.07, 6.45) is 3.30. The van der Waals surface area contributed by atoms with E-state index in [1.807, 2.05) is 0 Å². The standard InChI is InChI=1S/C12H22N4O3S/c1-2-4-13-9-11-10-14-15-12(11)20(17,18)16-5-3-7-19-8-6-16/h10,13H,2-9H2,1H3,(H,14,15). The Bertz CT molecular complexity index is 507.